The molecule has 0 unspecified atom stereocenters. The number of allylic oxidation sites excluding steroid dienone is 1. The Hall–Kier alpha value is -3.00. The molecule has 0 fully saturated rings. The van der Waals surface area contributed by atoms with Crippen molar-refractivity contribution in [3.63, 3.8) is 0 Å². The zero-order valence-corrected chi connectivity index (χ0v) is 18.4. The molecule has 0 spiro atoms. The first-order chi connectivity index (χ1) is 14.4. The summed E-state index contributed by atoms with van der Waals surface area (Å²) in [5, 5.41) is 4.40. The van der Waals surface area contributed by atoms with Gasteiger partial charge in [0.05, 0.1) is 18.9 Å². The third kappa shape index (κ3) is 6.00. The van der Waals surface area contributed by atoms with Crippen LogP contribution in [0.15, 0.2) is 46.9 Å². The number of rotatable bonds is 10. The smallest absolute Gasteiger partial charge is 0.351 e. The number of carbonyl (C=O) groups is 1. The molecule has 0 aliphatic rings. The van der Waals surface area contributed by atoms with Crippen molar-refractivity contribution in [3.05, 3.63) is 58.4 Å². The molecule has 0 bridgehead atoms. The molecule has 1 aromatic heterocycles. The van der Waals surface area contributed by atoms with Crippen LogP contribution in [0.3, 0.4) is 0 Å². The highest BCUT2D eigenvalue weighted by Crippen LogP contribution is 2.18. The molecule has 0 amide bonds. The Morgan fingerprint density at radius 3 is 2.53 bits per heavy atom. The van der Waals surface area contributed by atoms with Gasteiger partial charge in [0.15, 0.2) is 5.82 Å². The van der Waals surface area contributed by atoms with E-state index < -0.39 is 11.7 Å². The minimum absolute atomic E-state index is 0.236. The molecule has 8 nitrogen and oxygen atoms in total. The minimum Gasteiger partial charge on any atom is -0.494 e. The Morgan fingerprint density at radius 2 is 1.93 bits per heavy atom. The number of hydrogen-bond acceptors (Lipinski definition) is 6. The Balaban J connectivity index is 2.48. The van der Waals surface area contributed by atoms with E-state index in [0.29, 0.717) is 30.4 Å². The standard InChI is InChI=1S/C21H27ClN4O4/c1-5-29-18-9-7-17(8-10-18)26-20(16(3)11-13-24(4)14-12-22)23-25(21(26)28)15-19(27)30-6-2/h7-12,14H,5-6,13,15H2,1-4H3/b14-12+,16-11+. The zero-order valence-electron chi connectivity index (χ0n) is 17.7. The summed E-state index contributed by atoms with van der Waals surface area (Å²) < 4.78 is 13.0. The van der Waals surface area contributed by atoms with Crippen molar-refractivity contribution < 1.29 is 14.3 Å². The van der Waals surface area contributed by atoms with Crippen LogP contribution in [0.2, 0.25) is 0 Å². The second-order valence-corrected chi connectivity index (χ2v) is 6.68. The Bertz CT molecular complexity index is 960. The van der Waals surface area contributed by atoms with E-state index in [9.17, 15) is 9.59 Å². The number of likely N-dealkylation sites (N-methyl/N-ethyl adjacent to an activating group) is 1. The number of ether oxygens (including phenoxy) is 2. The van der Waals surface area contributed by atoms with Gasteiger partial charge in [-0.25, -0.2) is 14.0 Å². The van der Waals surface area contributed by atoms with Crippen LogP contribution in [-0.4, -0.2) is 52.0 Å². The molecule has 30 heavy (non-hydrogen) atoms. The highest BCUT2D eigenvalue weighted by Gasteiger charge is 2.18. The SMILES string of the molecule is CCOC(=O)Cn1nc(/C(C)=C/CN(C)/C=C/Cl)n(-c2ccc(OCC)cc2)c1=O. The highest BCUT2D eigenvalue weighted by atomic mass is 35.5. The van der Waals surface area contributed by atoms with E-state index in [1.165, 1.54) is 10.1 Å². The van der Waals surface area contributed by atoms with E-state index in [1.807, 2.05) is 31.9 Å². The zero-order chi connectivity index (χ0) is 22.1. The van der Waals surface area contributed by atoms with E-state index in [0.717, 1.165) is 10.3 Å². The maximum atomic E-state index is 13.0. The van der Waals surface area contributed by atoms with Gasteiger partial charge in [-0.1, -0.05) is 17.7 Å². The molecule has 2 rings (SSSR count). The van der Waals surface area contributed by atoms with E-state index in [2.05, 4.69) is 5.10 Å². The van der Waals surface area contributed by atoms with Gasteiger partial charge in [0, 0.05) is 25.3 Å². The third-order valence-electron chi connectivity index (χ3n) is 4.18. The quantitative estimate of drug-likeness (QED) is 0.535. The normalized spacial score (nSPS) is 11.7. The van der Waals surface area contributed by atoms with Crippen LogP contribution in [0.25, 0.3) is 11.3 Å². The van der Waals surface area contributed by atoms with Crippen LogP contribution in [0.5, 0.6) is 5.75 Å². The number of nitrogens with zero attached hydrogens (tertiary/aromatic N) is 4. The van der Waals surface area contributed by atoms with E-state index >= 15 is 0 Å². The molecular formula is C21H27ClN4O4. The molecule has 0 atom stereocenters. The Labute approximate surface area is 181 Å². The van der Waals surface area contributed by atoms with Gasteiger partial charge in [-0.2, -0.15) is 0 Å². The number of carbonyl (C=O) groups excluding carboxylic acids is 1. The topological polar surface area (TPSA) is 78.6 Å². The van der Waals surface area contributed by atoms with Crippen LogP contribution >= 0.6 is 11.6 Å². The summed E-state index contributed by atoms with van der Waals surface area (Å²) in [5.74, 6) is 0.629. The lowest BCUT2D eigenvalue weighted by Crippen LogP contribution is -2.28. The van der Waals surface area contributed by atoms with E-state index in [-0.39, 0.29) is 13.2 Å². The van der Waals surface area contributed by atoms with Crippen LogP contribution in [0.1, 0.15) is 26.6 Å². The number of hydrogen-bond donors (Lipinski definition) is 0. The molecule has 162 valence electrons. The lowest BCUT2D eigenvalue weighted by atomic mass is 10.2. The summed E-state index contributed by atoms with van der Waals surface area (Å²) in [6.07, 6.45) is 3.66. The van der Waals surface area contributed by atoms with Gasteiger partial charge in [-0.15, -0.1) is 5.10 Å². The monoisotopic (exact) mass is 434 g/mol. The predicted octanol–water partition coefficient (Wildman–Crippen LogP) is 3.04. The van der Waals surface area contributed by atoms with Crippen molar-refractivity contribution in [1.29, 1.82) is 0 Å². The number of halogens is 1. The van der Waals surface area contributed by atoms with Crippen molar-refractivity contribution in [2.75, 3.05) is 26.8 Å². The molecule has 0 N–H and O–H groups in total. The van der Waals surface area contributed by atoms with Crippen molar-refractivity contribution >= 4 is 23.1 Å². The number of benzene rings is 1. The van der Waals surface area contributed by atoms with Crippen LogP contribution < -0.4 is 10.4 Å². The van der Waals surface area contributed by atoms with Crippen LogP contribution in [0, 0.1) is 0 Å². The molecule has 0 saturated carbocycles. The first-order valence-corrected chi connectivity index (χ1v) is 10.1. The maximum Gasteiger partial charge on any atom is 0.351 e. The molecule has 2 aromatic rings. The van der Waals surface area contributed by atoms with Gasteiger partial charge in [0.1, 0.15) is 12.3 Å². The number of esters is 1. The van der Waals surface area contributed by atoms with Gasteiger partial charge in [0.2, 0.25) is 0 Å². The summed E-state index contributed by atoms with van der Waals surface area (Å²) in [6.45, 7) is 6.57. The summed E-state index contributed by atoms with van der Waals surface area (Å²) >= 11 is 5.61. The Kier molecular flexibility index (Phi) is 8.73. The molecule has 1 aromatic carbocycles. The maximum absolute atomic E-state index is 13.0. The average Bonchev–Trinajstić information content (AvgIpc) is 3.03. The van der Waals surface area contributed by atoms with Gasteiger partial charge < -0.3 is 14.4 Å². The van der Waals surface area contributed by atoms with E-state index in [4.69, 9.17) is 21.1 Å². The van der Waals surface area contributed by atoms with Crippen LogP contribution in [0.4, 0.5) is 0 Å². The molecular weight excluding hydrogens is 408 g/mol. The van der Waals surface area contributed by atoms with Crippen molar-refractivity contribution in [2.45, 2.75) is 27.3 Å². The average molecular weight is 435 g/mol. The minimum atomic E-state index is -0.517. The second kappa shape index (κ2) is 11.3. The van der Waals surface area contributed by atoms with Gasteiger partial charge in [-0.05, 0) is 50.6 Å². The van der Waals surface area contributed by atoms with Gasteiger partial charge >= 0.3 is 11.7 Å². The molecule has 0 aliphatic heterocycles. The lowest BCUT2D eigenvalue weighted by molar-refractivity contribution is -0.144. The fraction of sp³-hybridized carbons (Fsp3) is 0.381. The lowest BCUT2D eigenvalue weighted by Gasteiger charge is -2.11. The Morgan fingerprint density at radius 1 is 1.23 bits per heavy atom. The highest BCUT2D eigenvalue weighted by molar-refractivity contribution is 6.25. The second-order valence-electron chi connectivity index (χ2n) is 6.43. The van der Waals surface area contributed by atoms with Crippen molar-refractivity contribution in [2.24, 2.45) is 0 Å². The first kappa shape index (κ1) is 23.3. The summed E-state index contributed by atoms with van der Waals surface area (Å²) in [7, 11) is 1.88. The summed E-state index contributed by atoms with van der Waals surface area (Å²) in [6, 6.07) is 7.13. The molecule has 0 radical (unpaired) electrons. The van der Waals surface area contributed by atoms with Crippen molar-refractivity contribution in [1.82, 2.24) is 19.2 Å². The molecule has 0 aliphatic carbocycles. The fourth-order valence-corrected chi connectivity index (χ4v) is 2.91. The van der Waals surface area contributed by atoms with Gasteiger partial charge in [-0.3, -0.25) is 4.79 Å². The van der Waals surface area contributed by atoms with Gasteiger partial charge in [0.25, 0.3) is 0 Å². The summed E-state index contributed by atoms with van der Waals surface area (Å²) in [5.41, 5.74) is 2.39. The van der Waals surface area contributed by atoms with Crippen molar-refractivity contribution in [3.8, 4) is 11.4 Å². The largest absolute Gasteiger partial charge is 0.494 e. The van der Waals surface area contributed by atoms with Crippen LogP contribution in [-0.2, 0) is 16.1 Å². The summed E-state index contributed by atoms with van der Waals surface area (Å²) in [4.78, 5) is 26.8. The predicted molar refractivity (Wildman–Crippen MR) is 117 cm³/mol. The fourth-order valence-electron chi connectivity index (χ4n) is 2.72. The third-order valence-corrected chi connectivity index (χ3v) is 4.29. The molecule has 9 heteroatoms. The first-order valence-electron chi connectivity index (χ1n) is 9.64. The molecule has 1 heterocycles. The molecule has 0 saturated heterocycles. The number of aromatic nitrogens is 3. The van der Waals surface area contributed by atoms with E-state index in [1.54, 1.807) is 37.4 Å².